The van der Waals surface area contributed by atoms with E-state index in [9.17, 15) is 9.18 Å². The first-order chi connectivity index (χ1) is 8.74. The molecule has 0 radical (unpaired) electrons. The number of rotatable bonds is 1. The zero-order chi connectivity index (χ0) is 12.5. The standard InChI is InChI=1S/C14H15FN2O/c15-13-5-12(6-16-7-13)14(18)17-8-10-3-1-2-4-11(10)9-17/h1-2,5-7,10-11H,3-4,8-9H2. The fourth-order valence-electron chi connectivity index (χ4n) is 2.89. The van der Waals surface area contributed by atoms with Gasteiger partial charge in [-0.2, -0.15) is 0 Å². The Hall–Kier alpha value is -1.71. The number of likely N-dealkylation sites (tertiary alicyclic amines) is 1. The van der Waals surface area contributed by atoms with Crippen molar-refractivity contribution in [3.63, 3.8) is 0 Å². The van der Waals surface area contributed by atoms with Crippen molar-refractivity contribution in [2.75, 3.05) is 13.1 Å². The number of allylic oxidation sites excluding steroid dienone is 2. The lowest BCUT2D eigenvalue weighted by Crippen LogP contribution is -2.29. The molecule has 3 rings (SSSR count). The third-order valence-electron chi connectivity index (χ3n) is 3.86. The van der Waals surface area contributed by atoms with E-state index in [1.807, 2.05) is 4.90 Å². The molecule has 2 aliphatic rings. The normalized spacial score (nSPS) is 26.2. The van der Waals surface area contributed by atoms with Crippen LogP contribution in [-0.4, -0.2) is 28.9 Å². The summed E-state index contributed by atoms with van der Waals surface area (Å²) in [5.41, 5.74) is 0.349. The Morgan fingerprint density at radius 1 is 1.22 bits per heavy atom. The molecule has 1 aromatic rings. The first-order valence-electron chi connectivity index (χ1n) is 6.29. The van der Waals surface area contributed by atoms with Crippen LogP contribution in [0.15, 0.2) is 30.6 Å². The highest BCUT2D eigenvalue weighted by molar-refractivity contribution is 5.94. The third kappa shape index (κ3) is 2.03. The van der Waals surface area contributed by atoms with Gasteiger partial charge in [-0.25, -0.2) is 4.39 Å². The Kier molecular flexibility index (Phi) is 2.86. The molecule has 2 unspecified atom stereocenters. The first-order valence-corrected chi connectivity index (χ1v) is 6.29. The minimum atomic E-state index is -0.459. The number of nitrogens with zero attached hydrogens (tertiary/aromatic N) is 2. The third-order valence-corrected chi connectivity index (χ3v) is 3.86. The van der Waals surface area contributed by atoms with Gasteiger partial charge in [0.15, 0.2) is 0 Å². The lowest BCUT2D eigenvalue weighted by atomic mass is 9.86. The summed E-state index contributed by atoms with van der Waals surface area (Å²) in [5.74, 6) is 0.580. The van der Waals surface area contributed by atoms with Crippen molar-refractivity contribution in [3.8, 4) is 0 Å². The van der Waals surface area contributed by atoms with E-state index >= 15 is 0 Å². The molecule has 3 nitrogen and oxygen atoms in total. The molecular formula is C14H15FN2O. The van der Waals surface area contributed by atoms with Gasteiger partial charge in [-0.3, -0.25) is 9.78 Å². The van der Waals surface area contributed by atoms with Crippen LogP contribution in [0.4, 0.5) is 4.39 Å². The van der Waals surface area contributed by atoms with E-state index in [-0.39, 0.29) is 5.91 Å². The predicted octanol–water partition coefficient (Wildman–Crippen LogP) is 2.26. The zero-order valence-corrected chi connectivity index (χ0v) is 10.1. The van der Waals surface area contributed by atoms with Crippen molar-refractivity contribution in [1.82, 2.24) is 9.88 Å². The lowest BCUT2D eigenvalue weighted by Gasteiger charge is -2.17. The summed E-state index contributed by atoms with van der Waals surface area (Å²) in [6.07, 6.45) is 9.04. The number of carbonyl (C=O) groups is 1. The van der Waals surface area contributed by atoms with Crippen LogP contribution in [0.3, 0.4) is 0 Å². The van der Waals surface area contributed by atoms with Crippen molar-refractivity contribution in [2.24, 2.45) is 11.8 Å². The van der Waals surface area contributed by atoms with Crippen molar-refractivity contribution in [3.05, 3.63) is 42.0 Å². The van der Waals surface area contributed by atoms with Crippen molar-refractivity contribution in [1.29, 1.82) is 0 Å². The molecule has 2 atom stereocenters. The van der Waals surface area contributed by atoms with Gasteiger partial charge in [-0.15, -0.1) is 0 Å². The molecule has 18 heavy (non-hydrogen) atoms. The van der Waals surface area contributed by atoms with Gasteiger partial charge in [0.1, 0.15) is 5.82 Å². The Balaban J connectivity index is 1.75. The maximum Gasteiger partial charge on any atom is 0.255 e. The summed E-state index contributed by atoms with van der Waals surface area (Å²) >= 11 is 0. The molecule has 94 valence electrons. The van der Waals surface area contributed by atoms with Crippen LogP contribution in [0.25, 0.3) is 0 Å². The monoisotopic (exact) mass is 246 g/mol. The van der Waals surface area contributed by atoms with E-state index in [4.69, 9.17) is 0 Å². The van der Waals surface area contributed by atoms with Crippen LogP contribution in [0.5, 0.6) is 0 Å². The Bertz CT molecular complexity index is 484. The highest BCUT2D eigenvalue weighted by Crippen LogP contribution is 2.33. The van der Waals surface area contributed by atoms with E-state index in [1.165, 1.54) is 12.3 Å². The molecule has 1 aliphatic heterocycles. The lowest BCUT2D eigenvalue weighted by molar-refractivity contribution is 0.0783. The molecule has 2 heterocycles. The maximum absolute atomic E-state index is 13.1. The molecule has 1 aliphatic carbocycles. The van der Waals surface area contributed by atoms with Gasteiger partial charge in [-0.05, 0) is 30.7 Å². The van der Waals surface area contributed by atoms with Crippen LogP contribution in [-0.2, 0) is 0 Å². The van der Waals surface area contributed by atoms with Gasteiger partial charge in [0, 0.05) is 19.3 Å². The second-order valence-electron chi connectivity index (χ2n) is 5.06. The zero-order valence-electron chi connectivity index (χ0n) is 10.1. The van der Waals surface area contributed by atoms with Gasteiger partial charge in [-0.1, -0.05) is 12.2 Å². The van der Waals surface area contributed by atoms with Gasteiger partial charge in [0.2, 0.25) is 0 Å². The first kappa shape index (κ1) is 11.4. The molecule has 0 spiro atoms. The highest BCUT2D eigenvalue weighted by atomic mass is 19.1. The Morgan fingerprint density at radius 2 is 1.89 bits per heavy atom. The van der Waals surface area contributed by atoms with Crippen LogP contribution >= 0.6 is 0 Å². The van der Waals surface area contributed by atoms with E-state index in [1.54, 1.807) is 0 Å². The molecule has 1 fully saturated rings. The van der Waals surface area contributed by atoms with Gasteiger partial charge >= 0.3 is 0 Å². The number of pyridine rings is 1. The van der Waals surface area contributed by atoms with Crippen LogP contribution < -0.4 is 0 Å². The summed E-state index contributed by atoms with van der Waals surface area (Å²) < 4.78 is 13.1. The quantitative estimate of drug-likeness (QED) is 0.712. The largest absolute Gasteiger partial charge is 0.338 e. The molecule has 1 saturated heterocycles. The predicted molar refractivity (Wildman–Crippen MR) is 65.5 cm³/mol. The van der Waals surface area contributed by atoms with Crippen molar-refractivity contribution >= 4 is 5.91 Å². The number of amides is 1. The summed E-state index contributed by atoms with van der Waals surface area (Å²) in [6.45, 7) is 1.56. The number of aromatic nitrogens is 1. The summed E-state index contributed by atoms with van der Waals surface area (Å²) in [6, 6.07) is 1.26. The number of halogens is 1. The molecule has 1 amide bonds. The highest BCUT2D eigenvalue weighted by Gasteiger charge is 2.35. The van der Waals surface area contributed by atoms with Crippen LogP contribution in [0.1, 0.15) is 23.2 Å². The SMILES string of the molecule is O=C(c1cncc(F)c1)N1CC2CC=CCC2C1. The van der Waals surface area contributed by atoms with E-state index in [0.717, 1.165) is 32.1 Å². The minimum absolute atomic E-state index is 0.101. The smallest absolute Gasteiger partial charge is 0.255 e. The van der Waals surface area contributed by atoms with Crippen molar-refractivity contribution in [2.45, 2.75) is 12.8 Å². The maximum atomic E-state index is 13.1. The Morgan fingerprint density at radius 3 is 2.50 bits per heavy atom. The second-order valence-corrected chi connectivity index (χ2v) is 5.06. The molecule has 4 heteroatoms. The summed E-state index contributed by atoms with van der Waals surface area (Å²) in [5, 5.41) is 0. The molecule has 0 saturated carbocycles. The average Bonchev–Trinajstić information content (AvgIpc) is 2.81. The van der Waals surface area contributed by atoms with E-state index < -0.39 is 5.82 Å². The Labute approximate surface area is 105 Å². The van der Waals surface area contributed by atoms with Gasteiger partial charge < -0.3 is 4.90 Å². The van der Waals surface area contributed by atoms with Gasteiger partial charge in [0.05, 0.1) is 11.8 Å². The molecule has 0 bridgehead atoms. The molecule has 0 aromatic carbocycles. The van der Waals surface area contributed by atoms with E-state index in [0.29, 0.717) is 17.4 Å². The number of hydrogen-bond donors (Lipinski definition) is 0. The average molecular weight is 246 g/mol. The molecule has 0 N–H and O–H groups in total. The van der Waals surface area contributed by atoms with Gasteiger partial charge in [0.25, 0.3) is 5.91 Å². The number of carbonyl (C=O) groups excluding carboxylic acids is 1. The minimum Gasteiger partial charge on any atom is -0.338 e. The topological polar surface area (TPSA) is 33.2 Å². The number of hydrogen-bond acceptors (Lipinski definition) is 2. The molecule has 1 aromatic heterocycles. The van der Waals surface area contributed by atoms with Crippen LogP contribution in [0, 0.1) is 17.7 Å². The fourth-order valence-corrected chi connectivity index (χ4v) is 2.89. The van der Waals surface area contributed by atoms with Crippen LogP contribution in [0.2, 0.25) is 0 Å². The summed E-state index contributed by atoms with van der Waals surface area (Å²) in [4.78, 5) is 17.8. The number of fused-ring (bicyclic) bond motifs is 1. The molecular weight excluding hydrogens is 231 g/mol. The second kappa shape index (κ2) is 4.52. The summed E-state index contributed by atoms with van der Waals surface area (Å²) in [7, 11) is 0. The van der Waals surface area contributed by atoms with Crippen molar-refractivity contribution < 1.29 is 9.18 Å². The fraction of sp³-hybridized carbons (Fsp3) is 0.429. The van der Waals surface area contributed by atoms with E-state index in [2.05, 4.69) is 17.1 Å².